The van der Waals surface area contributed by atoms with Crippen molar-refractivity contribution in [2.24, 2.45) is 0 Å². The minimum absolute atomic E-state index is 0.175. The van der Waals surface area contributed by atoms with Gasteiger partial charge in [0.2, 0.25) is 5.91 Å². The number of nitrogens with zero attached hydrogens (tertiary/aromatic N) is 2. The van der Waals surface area contributed by atoms with E-state index in [1.54, 1.807) is 18.2 Å². The number of aryl methyl sites for hydroxylation is 1. The number of hydrogen-bond donors (Lipinski definition) is 1. The molecule has 5 heteroatoms. The molecule has 1 unspecified atom stereocenters. The van der Waals surface area contributed by atoms with Crippen LogP contribution in [-0.2, 0) is 9.59 Å². The number of rotatable bonds is 2. The third-order valence-corrected chi connectivity index (χ3v) is 3.07. The fourth-order valence-corrected chi connectivity index (χ4v) is 1.95. The molecule has 1 aliphatic heterocycles. The minimum Gasteiger partial charge on any atom is -0.373 e. The molecule has 1 aromatic rings. The number of hydrogen-bond acceptors (Lipinski definition) is 4. The van der Waals surface area contributed by atoms with E-state index >= 15 is 0 Å². The Hall–Kier alpha value is -2.35. The molecule has 5 nitrogen and oxygen atoms in total. The van der Waals surface area contributed by atoms with E-state index in [0.29, 0.717) is 5.56 Å². The molecule has 1 heterocycles. The van der Waals surface area contributed by atoms with Gasteiger partial charge >= 0.3 is 0 Å². The summed E-state index contributed by atoms with van der Waals surface area (Å²) >= 11 is 0. The summed E-state index contributed by atoms with van der Waals surface area (Å²) in [5.41, 5.74) is 2.19. The Balaban J connectivity index is 2.16. The van der Waals surface area contributed by atoms with Crippen molar-refractivity contribution in [1.29, 1.82) is 5.26 Å². The summed E-state index contributed by atoms with van der Waals surface area (Å²) in [5, 5.41) is 11.9. The van der Waals surface area contributed by atoms with Crippen LogP contribution in [-0.4, -0.2) is 29.8 Å². The SMILES string of the molecule is Cc1cc(NC2CC(=O)N(C)C2=O)ccc1C#N. The molecule has 92 valence electrons. The fraction of sp³-hybridized carbons (Fsp3) is 0.308. The van der Waals surface area contributed by atoms with Gasteiger partial charge in [-0.3, -0.25) is 14.5 Å². The van der Waals surface area contributed by atoms with Crippen LogP contribution in [0.1, 0.15) is 17.5 Å². The smallest absolute Gasteiger partial charge is 0.251 e. The summed E-state index contributed by atoms with van der Waals surface area (Å²) in [4.78, 5) is 24.2. The lowest BCUT2D eigenvalue weighted by molar-refractivity contribution is -0.136. The molecule has 0 aliphatic carbocycles. The lowest BCUT2D eigenvalue weighted by Crippen LogP contribution is -2.31. The molecule has 1 saturated heterocycles. The summed E-state index contributed by atoms with van der Waals surface area (Å²) < 4.78 is 0. The number of likely N-dealkylation sites (N-methyl/N-ethyl adjacent to an activating group) is 1. The van der Waals surface area contributed by atoms with Gasteiger partial charge in [0.1, 0.15) is 6.04 Å². The van der Waals surface area contributed by atoms with E-state index in [1.807, 2.05) is 6.92 Å². The lowest BCUT2D eigenvalue weighted by Gasteiger charge is -2.13. The van der Waals surface area contributed by atoms with Gasteiger partial charge in [-0.05, 0) is 30.7 Å². The van der Waals surface area contributed by atoms with E-state index < -0.39 is 6.04 Å². The second-order valence-corrected chi connectivity index (χ2v) is 4.33. The van der Waals surface area contributed by atoms with Crippen LogP contribution in [0, 0.1) is 18.3 Å². The molecule has 0 aromatic heterocycles. The van der Waals surface area contributed by atoms with E-state index in [-0.39, 0.29) is 18.2 Å². The lowest BCUT2D eigenvalue weighted by atomic mass is 10.1. The highest BCUT2D eigenvalue weighted by Gasteiger charge is 2.35. The third-order valence-electron chi connectivity index (χ3n) is 3.07. The Morgan fingerprint density at radius 1 is 1.44 bits per heavy atom. The van der Waals surface area contributed by atoms with Gasteiger partial charge in [-0.2, -0.15) is 5.26 Å². The second kappa shape index (κ2) is 4.49. The van der Waals surface area contributed by atoms with Crippen LogP contribution in [0.3, 0.4) is 0 Å². The van der Waals surface area contributed by atoms with Gasteiger partial charge in [-0.1, -0.05) is 0 Å². The van der Waals surface area contributed by atoms with E-state index in [9.17, 15) is 9.59 Å². The van der Waals surface area contributed by atoms with Gasteiger partial charge in [0.15, 0.2) is 0 Å². The number of amides is 2. The summed E-state index contributed by atoms with van der Waals surface area (Å²) in [5.74, 6) is -0.398. The monoisotopic (exact) mass is 243 g/mol. The zero-order valence-corrected chi connectivity index (χ0v) is 10.2. The standard InChI is InChI=1S/C13H13N3O2/c1-8-5-10(4-3-9(8)7-14)15-11-6-12(17)16(2)13(11)18/h3-5,11,15H,6H2,1-2H3. The number of carbonyl (C=O) groups excluding carboxylic acids is 2. The Kier molecular flexibility index (Phi) is 3.02. The van der Waals surface area contributed by atoms with Crippen molar-refractivity contribution in [2.45, 2.75) is 19.4 Å². The molecule has 0 radical (unpaired) electrons. The zero-order chi connectivity index (χ0) is 13.3. The van der Waals surface area contributed by atoms with E-state index in [0.717, 1.165) is 16.2 Å². The first-order valence-electron chi connectivity index (χ1n) is 5.60. The van der Waals surface area contributed by atoms with Gasteiger partial charge in [-0.15, -0.1) is 0 Å². The number of nitriles is 1. The highest BCUT2D eigenvalue weighted by molar-refractivity contribution is 6.06. The average molecular weight is 243 g/mol. The summed E-state index contributed by atoms with van der Waals surface area (Å²) in [6.45, 7) is 1.83. The number of imide groups is 1. The Morgan fingerprint density at radius 2 is 2.17 bits per heavy atom. The van der Waals surface area contributed by atoms with Crippen molar-refractivity contribution in [1.82, 2.24) is 4.90 Å². The highest BCUT2D eigenvalue weighted by atomic mass is 16.2. The maximum absolute atomic E-state index is 11.7. The van der Waals surface area contributed by atoms with E-state index in [1.165, 1.54) is 7.05 Å². The maximum atomic E-state index is 11.7. The van der Waals surface area contributed by atoms with Crippen molar-refractivity contribution in [3.8, 4) is 6.07 Å². The second-order valence-electron chi connectivity index (χ2n) is 4.33. The van der Waals surface area contributed by atoms with Gasteiger partial charge in [0.25, 0.3) is 5.91 Å². The predicted octanol–water partition coefficient (Wildman–Crippen LogP) is 1.04. The largest absolute Gasteiger partial charge is 0.373 e. The third kappa shape index (κ3) is 2.05. The molecule has 1 N–H and O–H groups in total. The van der Waals surface area contributed by atoms with Crippen molar-refractivity contribution in [3.05, 3.63) is 29.3 Å². The molecule has 0 saturated carbocycles. The van der Waals surface area contributed by atoms with Crippen LogP contribution in [0.2, 0.25) is 0 Å². The molecule has 0 spiro atoms. The zero-order valence-electron chi connectivity index (χ0n) is 10.2. The first-order chi connectivity index (χ1) is 8.52. The van der Waals surface area contributed by atoms with Gasteiger partial charge in [0.05, 0.1) is 18.1 Å². The van der Waals surface area contributed by atoms with Crippen LogP contribution in [0.25, 0.3) is 0 Å². The highest BCUT2D eigenvalue weighted by Crippen LogP contribution is 2.19. The fourth-order valence-electron chi connectivity index (χ4n) is 1.95. The molecule has 18 heavy (non-hydrogen) atoms. The van der Waals surface area contributed by atoms with Gasteiger partial charge < -0.3 is 5.32 Å². The van der Waals surface area contributed by atoms with Crippen LogP contribution < -0.4 is 5.32 Å². The van der Waals surface area contributed by atoms with Gasteiger partial charge in [-0.25, -0.2) is 0 Å². The quantitative estimate of drug-likeness (QED) is 0.787. The minimum atomic E-state index is -0.505. The molecular formula is C13H13N3O2. The van der Waals surface area contributed by atoms with Crippen LogP contribution in [0.4, 0.5) is 5.69 Å². The Bertz CT molecular complexity index is 560. The number of nitrogens with one attached hydrogen (secondary N) is 1. The number of anilines is 1. The van der Waals surface area contributed by atoms with Crippen molar-refractivity contribution in [3.63, 3.8) is 0 Å². The predicted molar refractivity (Wildman–Crippen MR) is 65.7 cm³/mol. The van der Waals surface area contributed by atoms with Crippen molar-refractivity contribution in [2.75, 3.05) is 12.4 Å². The first kappa shape index (κ1) is 12.1. The normalized spacial score (nSPS) is 18.9. The molecule has 1 fully saturated rings. The molecule has 1 aliphatic rings. The summed E-state index contributed by atoms with van der Waals surface area (Å²) in [6.07, 6.45) is 0.175. The Morgan fingerprint density at radius 3 is 2.67 bits per heavy atom. The van der Waals surface area contributed by atoms with Crippen LogP contribution >= 0.6 is 0 Å². The topological polar surface area (TPSA) is 73.2 Å². The van der Waals surface area contributed by atoms with Crippen molar-refractivity contribution < 1.29 is 9.59 Å². The molecular weight excluding hydrogens is 230 g/mol. The number of likely N-dealkylation sites (tertiary alicyclic amines) is 1. The summed E-state index contributed by atoms with van der Waals surface area (Å²) in [6, 6.07) is 6.81. The molecule has 2 amide bonds. The number of benzene rings is 1. The number of carbonyl (C=O) groups is 2. The van der Waals surface area contributed by atoms with Gasteiger partial charge in [0, 0.05) is 12.7 Å². The van der Waals surface area contributed by atoms with Crippen molar-refractivity contribution >= 4 is 17.5 Å². The van der Waals surface area contributed by atoms with Crippen LogP contribution in [0.5, 0.6) is 0 Å². The molecule has 0 bridgehead atoms. The Labute approximate surface area is 105 Å². The first-order valence-corrected chi connectivity index (χ1v) is 5.60. The van der Waals surface area contributed by atoms with E-state index in [4.69, 9.17) is 5.26 Å². The molecule has 1 aromatic carbocycles. The summed E-state index contributed by atoms with van der Waals surface area (Å²) in [7, 11) is 1.48. The average Bonchev–Trinajstić information content (AvgIpc) is 2.57. The molecule has 2 rings (SSSR count). The van der Waals surface area contributed by atoms with Crippen LogP contribution in [0.15, 0.2) is 18.2 Å². The van der Waals surface area contributed by atoms with E-state index in [2.05, 4.69) is 11.4 Å². The maximum Gasteiger partial charge on any atom is 0.251 e. The molecule has 1 atom stereocenters.